The summed E-state index contributed by atoms with van der Waals surface area (Å²) < 4.78 is 16.0. The van der Waals surface area contributed by atoms with Crippen molar-refractivity contribution in [2.24, 2.45) is 0 Å². The maximum atomic E-state index is 11.8. The lowest BCUT2D eigenvalue weighted by Crippen LogP contribution is -2.08. The predicted molar refractivity (Wildman–Crippen MR) is 110 cm³/mol. The van der Waals surface area contributed by atoms with Gasteiger partial charge in [-0.25, -0.2) is 0 Å². The summed E-state index contributed by atoms with van der Waals surface area (Å²) in [6.07, 6.45) is 4.55. The van der Waals surface area contributed by atoms with Crippen LogP contribution in [0, 0.1) is 0 Å². The van der Waals surface area contributed by atoms with E-state index in [1.807, 2.05) is 48.7 Å². The van der Waals surface area contributed by atoms with E-state index in [0.717, 1.165) is 40.3 Å². The fourth-order valence-corrected chi connectivity index (χ4v) is 3.13. The van der Waals surface area contributed by atoms with E-state index in [-0.39, 0.29) is 5.97 Å². The Morgan fingerprint density at radius 2 is 1.82 bits per heavy atom. The summed E-state index contributed by atoms with van der Waals surface area (Å²) in [6, 6.07) is 13.2. The minimum absolute atomic E-state index is 0.194. The van der Waals surface area contributed by atoms with Crippen molar-refractivity contribution < 1.29 is 19.0 Å². The standard InChI is InChI=1S/C22H24ClNO4/c1-26-18-7-9-19(10-8-18)27-12-3-5-22(25)28-13-2-4-16-15-24-21-11-6-17(23)14-20(16)21/h6-11,14-15,24H,2-5,12-13H2,1H3. The van der Waals surface area contributed by atoms with Gasteiger partial charge in [-0.15, -0.1) is 0 Å². The van der Waals surface area contributed by atoms with E-state index in [1.54, 1.807) is 7.11 Å². The molecule has 28 heavy (non-hydrogen) atoms. The van der Waals surface area contributed by atoms with Crippen molar-refractivity contribution in [1.29, 1.82) is 0 Å². The van der Waals surface area contributed by atoms with E-state index in [1.165, 1.54) is 5.56 Å². The van der Waals surface area contributed by atoms with Gasteiger partial charge < -0.3 is 19.2 Å². The van der Waals surface area contributed by atoms with Gasteiger partial charge in [-0.05, 0) is 67.3 Å². The summed E-state index contributed by atoms with van der Waals surface area (Å²) in [6.45, 7) is 0.878. The molecule has 0 saturated carbocycles. The van der Waals surface area contributed by atoms with E-state index in [2.05, 4.69) is 4.98 Å². The smallest absolute Gasteiger partial charge is 0.305 e. The molecule has 0 bridgehead atoms. The molecule has 0 radical (unpaired) electrons. The van der Waals surface area contributed by atoms with Crippen LogP contribution in [0.3, 0.4) is 0 Å². The van der Waals surface area contributed by atoms with Crippen molar-refractivity contribution in [2.45, 2.75) is 25.7 Å². The second-order valence-corrected chi connectivity index (χ2v) is 6.89. The zero-order valence-corrected chi connectivity index (χ0v) is 16.6. The number of aromatic amines is 1. The number of benzene rings is 2. The molecule has 0 saturated heterocycles. The topological polar surface area (TPSA) is 60.6 Å². The zero-order chi connectivity index (χ0) is 19.8. The molecule has 0 aliphatic carbocycles. The quantitative estimate of drug-likeness (QED) is 0.376. The van der Waals surface area contributed by atoms with E-state index < -0.39 is 0 Å². The van der Waals surface area contributed by atoms with Gasteiger partial charge in [0.25, 0.3) is 0 Å². The van der Waals surface area contributed by atoms with Crippen LogP contribution < -0.4 is 9.47 Å². The van der Waals surface area contributed by atoms with E-state index in [0.29, 0.717) is 26.1 Å². The molecule has 0 unspecified atom stereocenters. The number of esters is 1. The van der Waals surface area contributed by atoms with Gasteiger partial charge in [0.2, 0.25) is 0 Å². The van der Waals surface area contributed by atoms with Gasteiger partial charge in [0, 0.05) is 28.5 Å². The number of rotatable bonds is 10. The highest BCUT2D eigenvalue weighted by Gasteiger charge is 2.06. The van der Waals surface area contributed by atoms with E-state index >= 15 is 0 Å². The first-order valence-electron chi connectivity index (χ1n) is 9.33. The first-order valence-corrected chi connectivity index (χ1v) is 9.71. The predicted octanol–water partition coefficient (Wildman–Crippen LogP) is 5.16. The Hall–Kier alpha value is -2.66. The number of halogens is 1. The lowest BCUT2D eigenvalue weighted by Gasteiger charge is -2.07. The molecule has 1 heterocycles. The van der Waals surface area contributed by atoms with Crippen LogP contribution in [-0.4, -0.2) is 31.3 Å². The van der Waals surface area contributed by atoms with Crippen molar-refractivity contribution >= 4 is 28.5 Å². The molecule has 1 N–H and O–H groups in total. The molecule has 0 aliphatic rings. The van der Waals surface area contributed by atoms with Crippen LogP contribution in [0.1, 0.15) is 24.8 Å². The number of carbonyl (C=O) groups is 1. The normalized spacial score (nSPS) is 10.8. The molecule has 0 amide bonds. The summed E-state index contributed by atoms with van der Waals surface area (Å²) in [5, 5.41) is 1.84. The molecule has 1 aromatic heterocycles. The average molecular weight is 402 g/mol. The second-order valence-electron chi connectivity index (χ2n) is 6.46. The molecule has 3 rings (SSSR count). The van der Waals surface area contributed by atoms with Gasteiger partial charge in [-0.2, -0.15) is 0 Å². The molecule has 5 nitrogen and oxygen atoms in total. The highest BCUT2D eigenvalue weighted by Crippen LogP contribution is 2.23. The number of ether oxygens (including phenoxy) is 3. The lowest BCUT2D eigenvalue weighted by molar-refractivity contribution is -0.144. The lowest BCUT2D eigenvalue weighted by atomic mass is 10.1. The Morgan fingerprint density at radius 3 is 2.61 bits per heavy atom. The Labute approximate surface area is 169 Å². The fourth-order valence-electron chi connectivity index (χ4n) is 2.96. The first-order chi connectivity index (χ1) is 13.7. The molecule has 0 spiro atoms. The van der Waals surface area contributed by atoms with E-state index in [9.17, 15) is 4.79 Å². The number of carbonyl (C=O) groups excluding carboxylic acids is 1. The molecule has 6 heteroatoms. The number of H-pyrrole nitrogens is 1. The average Bonchev–Trinajstić information content (AvgIpc) is 3.11. The Balaban J connectivity index is 1.30. The van der Waals surface area contributed by atoms with Crippen molar-refractivity contribution in [3.05, 3.63) is 59.2 Å². The SMILES string of the molecule is COc1ccc(OCCCC(=O)OCCCc2c[nH]c3ccc(Cl)cc23)cc1. The Kier molecular flexibility index (Phi) is 7.20. The summed E-state index contributed by atoms with van der Waals surface area (Å²) in [5.74, 6) is 1.35. The van der Waals surface area contributed by atoms with Crippen molar-refractivity contribution in [3.8, 4) is 11.5 Å². The third kappa shape index (κ3) is 5.67. The van der Waals surface area contributed by atoms with Crippen molar-refractivity contribution in [3.63, 3.8) is 0 Å². The van der Waals surface area contributed by atoms with Crippen LogP contribution in [0.2, 0.25) is 5.02 Å². The molecule has 148 valence electrons. The number of aromatic nitrogens is 1. The van der Waals surface area contributed by atoms with Gasteiger partial charge in [0.05, 0.1) is 20.3 Å². The second kappa shape index (κ2) is 10.0. The number of hydrogen-bond acceptors (Lipinski definition) is 4. The molecule has 2 aromatic carbocycles. The fraction of sp³-hybridized carbons (Fsp3) is 0.318. The number of aryl methyl sites for hydroxylation is 1. The Morgan fingerprint density at radius 1 is 1.04 bits per heavy atom. The van der Waals surface area contributed by atoms with Gasteiger partial charge >= 0.3 is 5.97 Å². The van der Waals surface area contributed by atoms with Crippen LogP contribution in [0.4, 0.5) is 0 Å². The molecule has 3 aromatic rings. The highest BCUT2D eigenvalue weighted by molar-refractivity contribution is 6.31. The minimum Gasteiger partial charge on any atom is -0.497 e. The molecule has 0 atom stereocenters. The molecular weight excluding hydrogens is 378 g/mol. The van der Waals surface area contributed by atoms with Gasteiger partial charge in [-0.1, -0.05) is 11.6 Å². The Bertz CT molecular complexity index is 905. The van der Waals surface area contributed by atoms with Crippen LogP contribution in [0.25, 0.3) is 10.9 Å². The van der Waals surface area contributed by atoms with Gasteiger partial charge in [0.1, 0.15) is 11.5 Å². The summed E-state index contributed by atoms with van der Waals surface area (Å²) in [7, 11) is 1.62. The maximum absolute atomic E-state index is 11.8. The third-order valence-electron chi connectivity index (χ3n) is 4.44. The third-order valence-corrected chi connectivity index (χ3v) is 4.67. The highest BCUT2D eigenvalue weighted by atomic mass is 35.5. The van der Waals surface area contributed by atoms with Crippen molar-refractivity contribution in [2.75, 3.05) is 20.3 Å². The number of methoxy groups -OCH3 is 1. The largest absolute Gasteiger partial charge is 0.497 e. The maximum Gasteiger partial charge on any atom is 0.305 e. The van der Waals surface area contributed by atoms with Crippen molar-refractivity contribution in [1.82, 2.24) is 4.98 Å². The van der Waals surface area contributed by atoms with Crippen LogP contribution in [-0.2, 0) is 16.0 Å². The summed E-state index contributed by atoms with van der Waals surface area (Å²) in [5.41, 5.74) is 2.25. The zero-order valence-electron chi connectivity index (χ0n) is 15.9. The summed E-state index contributed by atoms with van der Waals surface area (Å²) in [4.78, 5) is 15.1. The molecular formula is C22H24ClNO4. The van der Waals surface area contributed by atoms with Gasteiger partial charge in [0.15, 0.2) is 0 Å². The number of nitrogens with one attached hydrogen (secondary N) is 1. The minimum atomic E-state index is -0.194. The number of fused-ring (bicyclic) bond motifs is 1. The number of hydrogen-bond donors (Lipinski definition) is 1. The molecule has 0 fully saturated rings. The monoisotopic (exact) mass is 401 g/mol. The van der Waals surface area contributed by atoms with E-state index in [4.69, 9.17) is 25.8 Å². The summed E-state index contributed by atoms with van der Waals surface area (Å²) >= 11 is 6.06. The van der Waals surface area contributed by atoms with Crippen LogP contribution >= 0.6 is 11.6 Å². The molecule has 0 aliphatic heterocycles. The van der Waals surface area contributed by atoms with Gasteiger partial charge in [-0.3, -0.25) is 4.79 Å². The van der Waals surface area contributed by atoms with Crippen LogP contribution in [0.5, 0.6) is 11.5 Å². The van der Waals surface area contributed by atoms with Crippen LogP contribution in [0.15, 0.2) is 48.7 Å². The first kappa shape index (κ1) is 20.1.